The van der Waals surface area contributed by atoms with E-state index in [1.165, 1.54) is 11.1 Å². The third-order valence-electron chi connectivity index (χ3n) is 4.90. The Morgan fingerprint density at radius 3 is 2.59 bits per heavy atom. The van der Waals surface area contributed by atoms with E-state index < -0.39 is 0 Å². The second kappa shape index (κ2) is 9.59. The Morgan fingerprint density at radius 1 is 1.14 bits per heavy atom. The molecule has 0 radical (unpaired) electrons. The number of imidazole rings is 1. The molecular weight excluding hydrogens is 362 g/mol. The molecule has 0 saturated heterocycles. The molecule has 0 spiro atoms. The molecule has 0 aliphatic rings. The van der Waals surface area contributed by atoms with Crippen LogP contribution in [0.5, 0.6) is 5.75 Å². The number of ether oxygens (including phenoxy) is 1. The Labute approximate surface area is 173 Å². The lowest BCUT2D eigenvalue weighted by Crippen LogP contribution is -2.30. The molecule has 0 aliphatic heterocycles. The number of fused-ring (bicyclic) bond motifs is 1. The van der Waals surface area contributed by atoms with E-state index in [0.717, 1.165) is 35.6 Å². The van der Waals surface area contributed by atoms with Crippen LogP contribution in [0.3, 0.4) is 0 Å². The van der Waals surface area contributed by atoms with Crippen molar-refractivity contribution >= 4 is 16.9 Å². The first-order valence-corrected chi connectivity index (χ1v) is 10.4. The summed E-state index contributed by atoms with van der Waals surface area (Å²) in [5.74, 6) is 2.00. The maximum Gasteiger partial charge on any atom is 0.222 e. The van der Waals surface area contributed by atoms with Crippen LogP contribution in [-0.2, 0) is 17.8 Å². The number of carbonyl (C=O) groups is 1. The number of hydrogen-bond acceptors (Lipinski definition) is 3. The summed E-state index contributed by atoms with van der Waals surface area (Å²) in [6, 6.07) is 14.5. The molecule has 0 saturated carbocycles. The summed E-state index contributed by atoms with van der Waals surface area (Å²) in [5, 5.41) is 2.98. The highest BCUT2D eigenvalue weighted by molar-refractivity contribution is 5.78. The third-order valence-corrected chi connectivity index (χ3v) is 4.90. The van der Waals surface area contributed by atoms with Gasteiger partial charge in [-0.25, -0.2) is 4.98 Å². The number of amides is 1. The van der Waals surface area contributed by atoms with Gasteiger partial charge in [-0.15, -0.1) is 0 Å². The van der Waals surface area contributed by atoms with Crippen molar-refractivity contribution in [2.24, 2.45) is 5.92 Å². The van der Waals surface area contributed by atoms with Crippen LogP contribution in [0.15, 0.2) is 42.5 Å². The Kier molecular flexibility index (Phi) is 6.91. The van der Waals surface area contributed by atoms with Crippen molar-refractivity contribution < 1.29 is 9.53 Å². The fourth-order valence-electron chi connectivity index (χ4n) is 3.50. The van der Waals surface area contributed by atoms with E-state index in [-0.39, 0.29) is 11.8 Å². The summed E-state index contributed by atoms with van der Waals surface area (Å²) in [5.41, 5.74) is 4.55. The van der Waals surface area contributed by atoms with Crippen LogP contribution in [-0.4, -0.2) is 28.6 Å². The van der Waals surface area contributed by atoms with Crippen LogP contribution in [0, 0.1) is 19.8 Å². The Balaban J connectivity index is 1.63. The largest absolute Gasteiger partial charge is 0.494 e. The maximum absolute atomic E-state index is 11.8. The Bertz CT molecular complexity index is 955. The average Bonchev–Trinajstić information content (AvgIpc) is 3.02. The maximum atomic E-state index is 11.8. The van der Waals surface area contributed by atoms with Gasteiger partial charge < -0.3 is 14.6 Å². The molecule has 154 valence electrons. The molecular formula is C24H31N3O2. The second-order valence-corrected chi connectivity index (χ2v) is 7.89. The number of benzene rings is 2. The molecule has 1 heterocycles. The fraction of sp³-hybridized carbons (Fsp3) is 0.417. The van der Waals surface area contributed by atoms with Crippen LogP contribution in [0.4, 0.5) is 0 Å². The first-order valence-electron chi connectivity index (χ1n) is 10.4. The first-order chi connectivity index (χ1) is 13.9. The minimum absolute atomic E-state index is 0.00349. The molecule has 3 aromatic rings. The van der Waals surface area contributed by atoms with Crippen molar-refractivity contribution in [2.75, 3.05) is 13.2 Å². The highest BCUT2D eigenvalue weighted by Crippen LogP contribution is 2.19. The lowest BCUT2D eigenvalue weighted by molar-refractivity contribution is -0.123. The first kappa shape index (κ1) is 20.9. The van der Waals surface area contributed by atoms with Crippen LogP contribution in [0.25, 0.3) is 11.0 Å². The normalized spacial score (nSPS) is 11.2. The van der Waals surface area contributed by atoms with E-state index in [4.69, 9.17) is 9.72 Å². The lowest BCUT2D eigenvalue weighted by Gasteiger charge is -2.12. The van der Waals surface area contributed by atoms with Crippen LogP contribution >= 0.6 is 0 Å². The Morgan fingerprint density at radius 2 is 1.86 bits per heavy atom. The molecule has 3 rings (SSSR count). The molecule has 0 bridgehead atoms. The quantitative estimate of drug-likeness (QED) is 0.547. The van der Waals surface area contributed by atoms with Gasteiger partial charge in [-0.1, -0.05) is 32.0 Å². The molecule has 0 unspecified atom stereocenters. The van der Waals surface area contributed by atoms with E-state index in [0.29, 0.717) is 19.6 Å². The average molecular weight is 394 g/mol. The number of para-hydroxylation sites is 2. The second-order valence-electron chi connectivity index (χ2n) is 7.89. The summed E-state index contributed by atoms with van der Waals surface area (Å²) in [6.45, 7) is 10.1. The van der Waals surface area contributed by atoms with Gasteiger partial charge in [-0.3, -0.25) is 4.79 Å². The van der Waals surface area contributed by atoms with Crippen LogP contribution in [0.1, 0.15) is 37.2 Å². The SMILES string of the molecule is Cc1cc(C)cc(OCCCn2c(CCNC(=O)C(C)C)nc3ccccc32)c1. The fourth-order valence-corrected chi connectivity index (χ4v) is 3.50. The number of aromatic nitrogens is 2. The highest BCUT2D eigenvalue weighted by Gasteiger charge is 2.12. The van der Waals surface area contributed by atoms with Gasteiger partial charge in [-0.2, -0.15) is 0 Å². The van der Waals surface area contributed by atoms with Gasteiger partial charge in [0, 0.05) is 25.4 Å². The van der Waals surface area contributed by atoms with E-state index in [9.17, 15) is 4.79 Å². The van der Waals surface area contributed by atoms with Crippen LogP contribution in [0.2, 0.25) is 0 Å². The molecule has 0 atom stereocenters. The minimum atomic E-state index is -0.00349. The zero-order valence-electron chi connectivity index (χ0n) is 17.9. The predicted molar refractivity (Wildman–Crippen MR) is 117 cm³/mol. The molecule has 2 aromatic carbocycles. The Hall–Kier alpha value is -2.82. The number of aryl methyl sites for hydroxylation is 3. The van der Waals surface area contributed by atoms with Gasteiger partial charge in [0.1, 0.15) is 11.6 Å². The zero-order chi connectivity index (χ0) is 20.8. The number of nitrogens with zero attached hydrogens (tertiary/aromatic N) is 2. The van der Waals surface area contributed by atoms with Crippen molar-refractivity contribution in [3.05, 3.63) is 59.4 Å². The molecule has 1 aromatic heterocycles. The molecule has 0 aliphatic carbocycles. The van der Waals surface area contributed by atoms with Crippen molar-refractivity contribution in [3.63, 3.8) is 0 Å². The van der Waals surface area contributed by atoms with Gasteiger partial charge in [-0.05, 0) is 55.7 Å². The summed E-state index contributed by atoms with van der Waals surface area (Å²) in [7, 11) is 0. The van der Waals surface area contributed by atoms with Crippen molar-refractivity contribution in [1.29, 1.82) is 0 Å². The molecule has 29 heavy (non-hydrogen) atoms. The molecule has 1 amide bonds. The van der Waals surface area contributed by atoms with Gasteiger partial charge in [0.05, 0.1) is 17.6 Å². The number of hydrogen-bond donors (Lipinski definition) is 1. The number of rotatable bonds is 9. The smallest absolute Gasteiger partial charge is 0.222 e. The number of nitrogens with one attached hydrogen (secondary N) is 1. The van der Waals surface area contributed by atoms with Gasteiger partial charge in [0.2, 0.25) is 5.91 Å². The summed E-state index contributed by atoms with van der Waals surface area (Å²) < 4.78 is 8.22. The van der Waals surface area contributed by atoms with E-state index in [2.05, 4.69) is 48.0 Å². The summed E-state index contributed by atoms with van der Waals surface area (Å²) >= 11 is 0. The van der Waals surface area contributed by atoms with E-state index in [1.807, 2.05) is 32.0 Å². The highest BCUT2D eigenvalue weighted by atomic mass is 16.5. The van der Waals surface area contributed by atoms with Crippen molar-refractivity contribution in [2.45, 2.75) is 47.1 Å². The lowest BCUT2D eigenvalue weighted by atomic mass is 10.1. The zero-order valence-corrected chi connectivity index (χ0v) is 17.9. The summed E-state index contributed by atoms with van der Waals surface area (Å²) in [4.78, 5) is 16.6. The monoisotopic (exact) mass is 393 g/mol. The third kappa shape index (κ3) is 5.59. The van der Waals surface area contributed by atoms with Crippen molar-refractivity contribution in [1.82, 2.24) is 14.9 Å². The molecule has 0 fully saturated rings. The minimum Gasteiger partial charge on any atom is -0.494 e. The standard InChI is InChI=1S/C24H31N3O2/c1-17(2)24(28)25-11-10-23-26-21-8-5-6-9-22(21)27(23)12-7-13-29-20-15-18(3)14-19(4)16-20/h5-6,8-9,14-17H,7,10-13H2,1-4H3,(H,25,28). The predicted octanol–water partition coefficient (Wildman–Crippen LogP) is 4.44. The van der Waals surface area contributed by atoms with Gasteiger partial charge >= 0.3 is 0 Å². The van der Waals surface area contributed by atoms with E-state index >= 15 is 0 Å². The summed E-state index contributed by atoms with van der Waals surface area (Å²) in [6.07, 6.45) is 1.60. The molecule has 5 nitrogen and oxygen atoms in total. The van der Waals surface area contributed by atoms with Crippen LogP contribution < -0.4 is 10.1 Å². The van der Waals surface area contributed by atoms with Gasteiger partial charge in [0.25, 0.3) is 0 Å². The topological polar surface area (TPSA) is 56.1 Å². The van der Waals surface area contributed by atoms with Crippen molar-refractivity contribution in [3.8, 4) is 5.75 Å². The number of carbonyl (C=O) groups excluding carboxylic acids is 1. The van der Waals surface area contributed by atoms with Gasteiger partial charge in [0.15, 0.2) is 0 Å². The molecule has 5 heteroatoms. The molecule has 1 N–H and O–H groups in total. The van der Waals surface area contributed by atoms with E-state index in [1.54, 1.807) is 0 Å².